The van der Waals surface area contributed by atoms with Crippen molar-refractivity contribution in [1.29, 1.82) is 0 Å². The minimum Gasteiger partial charge on any atom is -0.453 e. The van der Waals surface area contributed by atoms with Crippen LogP contribution in [-0.2, 0) is 4.74 Å². The van der Waals surface area contributed by atoms with Crippen molar-refractivity contribution in [3.63, 3.8) is 0 Å². The molecule has 1 aliphatic rings. The maximum absolute atomic E-state index is 11.5. The molecule has 0 saturated carbocycles. The highest BCUT2D eigenvalue weighted by Gasteiger charge is 2.22. The summed E-state index contributed by atoms with van der Waals surface area (Å²) in [5.74, 6) is 4.11. The van der Waals surface area contributed by atoms with Crippen molar-refractivity contribution in [2.75, 3.05) is 38.2 Å². The molecular weight excluding hydrogens is 294 g/mol. The maximum Gasteiger partial charge on any atom is 0.409 e. The number of hydrogen-bond donors (Lipinski definition) is 0. The second-order valence-electron chi connectivity index (χ2n) is 6.33. The molecule has 0 spiro atoms. The first-order valence-electron chi connectivity index (χ1n) is 7.47. The summed E-state index contributed by atoms with van der Waals surface area (Å²) in [5.41, 5.74) is 4.15. The first-order valence-corrected chi connectivity index (χ1v) is 11.0. The zero-order chi connectivity index (χ0) is 16.2. The molecule has 6 heteroatoms. The average molecular weight is 317 g/mol. The first-order chi connectivity index (χ1) is 10.4. The van der Waals surface area contributed by atoms with E-state index in [1.165, 1.54) is 7.11 Å². The molecule has 2 heterocycles. The maximum atomic E-state index is 11.5. The van der Waals surface area contributed by atoms with Gasteiger partial charge in [-0.1, -0.05) is 31.6 Å². The lowest BCUT2D eigenvalue weighted by molar-refractivity contribution is 0.121. The van der Waals surface area contributed by atoms with E-state index in [1.807, 2.05) is 18.2 Å². The van der Waals surface area contributed by atoms with Crippen LogP contribution in [0, 0.1) is 11.5 Å². The van der Waals surface area contributed by atoms with Gasteiger partial charge in [-0.3, -0.25) is 0 Å². The lowest BCUT2D eigenvalue weighted by Gasteiger charge is -2.34. The predicted molar refractivity (Wildman–Crippen MR) is 90.7 cm³/mol. The molecule has 1 saturated heterocycles. The third-order valence-corrected chi connectivity index (χ3v) is 4.21. The minimum atomic E-state index is -1.40. The van der Waals surface area contributed by atoms with E-state index in [9.17, 15) is 4.79 Å². The molecule has 1 fully saturated rings. The van der Waals surface area contributed by atoms with Crippen molar-refractivity contribution >= 4 is 20.0 Å². The van der Waals surface area contributed by atoms with Gasteiger partial charge in [-0.25, -0.2) is 9.78 Å². The summed E-state index contributed by atoms with van der Waals surface area (Å²) in [6.07, 6.45) is -0.262. The van der Waals surface area contributed by atoms with Gasteiger partial charge in [0.25, 0.3) is 0 Å². The van der Waals surface area contributed by atoms with Crippen LogP contribution in [-0.4, -0.2) is 57.3 Å². The Bertz CT molecular complexity index is 593. The molecule has 1 aromatic heterocycles. The fourth-order valence-electron chi connectivity index (χ4n) is 2.17. The van der Waals surface area contributed by atoms with Gasteiger partial charge in [0.2, 0.25) is 0 Å². The van der Waals surface area contributed by atoms with Crippen LogP contribution in [0.5, 0.6) is 0 Å². The molecule has 0 radical (unpaired) electrons. The van der Waals surface area contributed by atoms with E-state index in [0.29, 0.717) is 13.1 Å². The molecule has 0 atom stereocenters. The fraction of sp³-hybridized carbons (Fsp3) is 0.500. The number of carbonyl (C=O) groups excluding carboxylic acids is 1. The molecule has 22 heavy (non-hydrogen) atoms. The third-order valence-electron chi connectivity index (χ3n) is 3.34. The Morgan fingerprint density at radius 1 is 1.23 bits per heavy atom. The van der Waals surface area contributed by atoms with Crippen molar-refractivity contribution in [2.45, 2.75) is 19.6 Å². The summed E-state index contributed by atoms with van der Waals surface area (Å²) in [6, 6.07) is 5.93. The van der Waals surface area contributed by atoms with Gasteiger partial charge in [0.05, 0.1) is 7.11 Å². The second kappa shape index (κ2) is 6.84. The van der Waals surface area contributed by atoms with Crippen molar-refractivity contribution in [3.05, 3.63) is 23.9 Å². The molecule has 1 aliphatic heterocycles. The van der Waals surface area contributed by atoms with E-state index in [0.717, 1.165) is 24.6 Å². The van der Waals surface area contributed by atoms with Crippen molar-refractivity contribution < 1.29 is 9.53 Å². The van der Waals surface area contributed by atoms with Gasteiger partial charge >= 0.3 is 6.09 Å². The van der Waals surface area contributed by atoms with Crippen LogP contribution in [0.4, 0.5) is 10.6 Å². The molecule has 0 aliphatic carbocycles. The standard InChI is InChI=1S/C16H23N3O2Si/c1-21-16(20)19-11-9-18(10-12-19)15-7-5-6-14(17-15)8-13-22(2,3)4/h5-7H,9-12H2,1-4H3. The highest BCUT2D eigenvalue weighted by Crippen LogP contribution is 2.14. The van der Waals surface area contributed by atoms with E-state index in [-0.39, 0.29) is 6.09 Å². The van der Waals surface area contributed by atoms with Crippen molar-refractivity contribution in [3.8, 4) is 11.5 Å². The van der Waals surface area contributed by atoms with Crippen molar-refractivity contribution in [1.82, 2.24) is 9.88 Å². The Hall–Kier alpha value is -2.00. The van der Waals surface area contributed by atoms with Gasteiger partial charge in [-0.05, 0) is 12.1 Å². The van der Waals surface area contributed by atoms with Crippen LogP contribution < -0.4 is 4.90 Å². The number of aromatic nitrogens is 1. The van der Waals surface area contributed by atoms with Crippen LogP contribution in [0.2, 0.25) is 19.6 Å². The second-order valence-corrected chi connectivity index (χ2v) is 11.1. The zero-order valence-corrected chi connectivity index (χ0v) is 14.7. The van der Waals surface area contributed by atoms with Gasteiger partial charge in [-0.15, -0.1) is 5.54 Å². The highest BCUT2D eigenvalue weighted by atomic mass is 28.3. The summed E-state index contributed by atoms with van der Waals surface area (Å²) < 4.78 is 4.75. The van der Waals surface area contributed by atoms with Gasteiger partial charge in [0, 0.05) is 26.2 Å². The lowest BCUT2D eigenvalue weighted by atomic mass is 10.3. The minimum absolute atomic E-state index is 0.262. The third kappa shape index (κ3) is 4.50. The highest BCUT2D eigenvalue weighted by molar-refractivity contribution is 6.83. The van der Waals surface area contributed by atoms with Crippen LogP contribution in [0.25, 0.3) is 0 Å². The normalized spacial score (nSPS) is 15.1. The summed E-state index contributed by atoms with van der Waals surface area (Å²) >= 11 is 0. The number of anilines is 1. The van der Waals surface area contributed by atoms with E-state index in [4.69, 9.17) is 4.74 Å². The van der Waals surface area contributed by atoms with Gasteiger partial charge in [0.15, 0.2) is 0 Å². The summed E-state index contributed by atoms with van der Waals surface area (Å²) in [6.45, 7) is 9.47. The number of amides is 1. The summed E-state index contributed by atoms with van der Waals surface area (Å²) in [7, 11) is 0.0180. The van der Waals surface area contributed by atoms with Gasteiger partial charge < -0.3 is 14.5 Å². The number of pyridine rings is 1. The Kier molecular flexibility index (Phi) is 5.09. The van der Waals surface area contributed by atoms with Crippen LogP contribution in [0.3, 0.4) is 0 Å². The Labute approximate surface area is 133 Å². The predicted octanol–water partition coefficient (Wildman–Crippen LogP) is 2.20. The van der Waals surface area contributed by atoms with Crippen LogP contribution in [0.1, 0.15) is 5.69 Å². The number of carbonyl (C=O) groups is 1. The van der Waals surface area contributed by atoms with E-state index < -0.39 is 8.07 Å². The number of nitrogens with zero attached hydrogens (tertiary/aromatic N) is 3. The summed E-state index contributed by atoms with van der Waals surface area (Å²) in [5, 5.41) is 0. The number of rotatable bonds is 1. The quantitative estimate of drug-likeness (QED) is 0.588. The fourth-order valence-corrected chi connectivity index (χ4v) is 2.67. The zero-order valence-electron chi connectivity index (χ0n) is 13.7. The van der Waals surface area contributed by atoms with Crippen LogP contribution >= 0.6 is 0 Å². The molecule has 1 aromatic rings. The number of methoxy groups -OCH3 is 1. The number of piperazine rings is 1. The molecule has 118 valence electrons. The Morgan fingerprint density at radius 3 is 2.50 bits per heavy atom. The Morgan fingerprint density at radius 2 is 1.91 bits per heavy atom. The summed E-state index contributed by atoms with van der Waals surface area (Å²) in [4.78, 5) is 20.0. The smallest absolute Gasteiger partial charge is 0.409 e. The molecule has 1 amide bonds. The SMILES string of the molecule is COC(=O)N1CCN(c2cccc(C#C[Si](C)(C)C)n2)CC1. The van der Waals surface area contributed by atoms with Crippen molar-refractivity contribution in [2.24, 2.45) is 0 Å². The molecule has 5 nitrogen and oxygen atoms in total. The lowest BCUT2D eigenvalue weighted by Crippen LogP contribution is -2.49. The molecule has 0 aromatic carbocycles. The topological polar surface area (TPSA) is 45.7 Å². The average Bonchev–Trinajstić information content (AvgIpc) is 2.52. The monoisotopic (exact) mass is 317 g/mol. The number of hydrogen-bond acceptors (Lipinski definition) is 4. The molecule has 0 N–H and O–H groups in total. The molecular formula is C16H23N3O2Si. The van der Waals surface area contributed by atoms with Crippen LogP contribution in [0.15, 0.2) is 18.2 Å². The van der Waals surface area contributed by atoms with E-state index in [1.54, 1.807) is 4.90 Å². The molecule has 0 unspecified atom stereocenters. The van der Waals surface area contributed by atoms with Gasteiger partial charge in [-0.2, -0.15) is 0 Å². The number of ether oxygens (including phenoxy) is 1. The largest absolute Gasteiger partial charge is 0.453 e. The van der Waals surface area contributed by atoms with E-state index in [2.05, 4.69) is 41.0 Å². The molecule has 2 rings (SSSR count). The Balaban J connectivity index is 2.05. The first kappa shape index (κ1) is 16.4. The molecule has 0 bridgehead atoms. The van der Waals surface area contributed by atoms with E-state index >= 15 is 0 Å². The van der Waals surface area contributed by atoms with Gasteiger partial charge in [0.1, 0.15) is 19.6 Å².